The number of fused-ring (bicyclic) bond motifs is 1. The number of carbonyl (C=O) groups excluding carboxylic acids is 1. The normalized spacial score (nSPS) is 19.2. The number of imidazole rings is 1. The van der Waals surface area contributed by atoms with Crippen LogP contribution in [0, 0.1) is 5.92 Å². The standard InChI is InChI=1S/C24H30F3N7O2/c1-15(2)34(9-16-3-5-18(6-4-16)24(25,26)27)23-21-22(29-13-30-23)33(14-31-21)10-17-7-8-32(11-19(17)35)12-20(28)36/h3-6,13-15,17,19,35H,7-12H2,1-2H3,(H2,28,36)/t17-,19+/m0/s1. The third kappa shape index (κ3) is 5.76. The van der Waals surface area contributed by atoms with Crippen LogP contribution >= 0.6 is 0 Å². The Morgan fingerprint density at radius 1 is 1.22 bits per heavy atom. The van der Waals surface area contributed by atoms with Crippen molar-refractivity contribution in [3.05, 3.63) is 48.0 Å². The molecule has 0 spiro atoms. The highest BCUT2D eigenvalue weighted by atomic mass is 19.4. The molecule has 1 fully saturated rings. The molecule has 1 aliphatic heterocycles. The van der Waals surface area contributed by atoms with E-state index in [0.717, 1.165) is 12.1 Å². The molecule has 4 rings (SSSR count). The van der Waals surface area contributed by atoms with Gasteiger partial charge in [0.05, 0.1) is 24.5 Å². The molecule has 194 valence electrons. The zero-order valence-corrected chi connectivity index (χ0v) is 20.2. The lowest BCUT2D eigenvalue weighted by atomic mass is 9.93. The minimum atomic E-state index is -4.38. The number of benzene rings is 1. The molecule has 0 radical (unpaired) electrons. The number of aliphatic hydroxyl groups is 1. The molecule has 0 saturated carbocycles. The van der Waals surface area contributed by atoms with Gasteiger partial charge in [0.15, 0.2) is 17.0 Å². The van der Waals surface area contributed by atoms with Crippen LogP contribution in [-0.4, -0.2) is 67.2 Å². The molecule has 1 aliphatic rings. The van der Waals surface area contributed by atoms with Gasteiger partial charge in [-0.1, -0.05) is 12.1 Å². The number of hydrogen-bond donors (Lipinski definition) is 2. The van der Waals surface area contributed by atoms with Gasteiger partial charge in [-0.2, -0.15) is 13.2 Å². The number of likely N-dealkylation sites (tertiary alicyclic amines) is 1. The number of piperidine rings is 1. The molecular formula is C24H30F3N7O2. The number of primary amides is 1. The van der Waals surface area contributed by atoms with Crippen LogP contribution in [0.25, 0.3) is 11.2 Å². The van der Waals surface area contributed by atoms with E-state index in [9.17, 15) is 23.1 Å². The first-order valence-corrected chi connectivity index (χ1v) is 11.8. The van der Waals surface area contributed by atoms with E-state index in [0.29, 0.717) is 55.1 Å². The van der Waals surface area contributed by atoms with Crippen LogP contribution < -0.4 is 10.6 Å². The number of nitrogens with zero attached hydrogens (tertiary/aromatic N) is 6. The Balaban J connectivity index is 1.54. The molecule has 2 aromatic heterocycles. The molecule has 36 heavy (non-hydrogen) atoms. The van der Waals surface area contributed by atoms with Crippen LogP contribution in [-0.2, 0) is 24.1 Å². The van der Waals surface area contributed by atoms with Crippen LogP contribution in [0.2, 0.25) is 0 Å². The average molecular weight is 506 g/mol. The highest BCUT2D eigenvalue weighted by Gasteiger charge is 2.31. The number of nitrogens with two attached hydrogens (primary N) is 1. The number of anilines is 1. The number of β-amino-alcohol motifs (C(OH)–C–C–N with tert-alkyl or cyclic N) is 1. The van der Waals surface area contributed by atoms with Crippen molar-refractivity contribution in [1.29, 1.82) is 0 Å². The number of amides is 1. The molecular weight excluding hydrogens is 475 g/mol. The first kappa shape index (κ1) is 25.8. The summed E-state index contributed by atoms with van der Waals surface area (Å²) in [5.41, 5.74) is 6.50. The topological polar surface area (TPSA) is 113 Å². The Morgan fingerprint density at radius 2 is 1.94 bits per heavy atom. The molecule has 0 bridgehead atoms. The maximum Gasteiger partial charge on any atom is 0.416 e. The molecule has 12 heteroatoms. The maximum absolute atomic E-state index is 12.9. The molecule has 3 heterocycles. The highest BCUT2D eigenvalue weighted by molar-refractivity contribution is 5.83. The lowest BCUT2D eigenvalue weighted by molar-refractivity contribution is -0.137. The first-order chi connectivity index (χ1) is 17.0. The summed E-state index contributed by atoms with van der Waals surface area (Å²) < 4.78 is 40.7. The van der Waals surface area contributed by atoms with Crippen molar-refractivity contribution in [2.45, 2.75) is 51.7 Å². The molecule has 3 aromatic rings. The van der Waals surface area contributed by atoms with Crippen LogP contribution in [0.15, 0.2) is 36.9 Å². The van der Waals surface area contributed by atoms with Gasteiger partial charge in [0.25, 0.3) is 0 Å². The van der Waals surface area contributed by atoms with Crippen LogP contribution in [0.1, 0.15) is 31.4 Å². The van der Waals surface area contributed by atoms with Gasteiger partial charge in [0.1, 0.15) is 6.33 Å². The van der Waals surface area contributed by atoms with Crippen molar-refractivity contribution in [2.24, 2.45) is 11.7 Å². The van der Waals surface area contributed by atoms with Gasteiger partial charge in [-0.15, -0.1) is 0 Å². The lowest BCUT2D eigenvalue weighted by Crippen LogP contribution is -2.47. The van der Waals surface area contributed by atoms with Crippen molar-refractivity contribution >= 4 is 22.9 Å². The van der Waals surface area contributed by atoms with E-state index >= 15 is 0 Å². The van der Waals surface area contributed by atoms with E-state index in [1.54, 1.807) is 6.33 Å². The predicted molar refractivity (Wildman–Crippen MR) is 128 cm³/mol. The van der Waals surface area contributed by atoms with Gasteiger partial charge >= 0.3 is 6.18 Å². The summed E-state index contributed by atoms with van der Waals surface area (Å²) >= 11 is 0. The summed E-state index contributed by atoms with van der Waals surface area (Å²) in [5.74, 6) is 0.125. The number of hydrogen-bond acceptors (Lipinski definition) is 7. The largest absolute Gasteiger partial charge is 0.416 e. The summed E-state index contributed by atoms with van der Waals surface area (Å²) in [7, 11) is 0. The quantitative estimate of drug-likeness (QED) is 0.483. The number of alkyl halides is 3. The molecule has 0 unspecified atom stereocenters. The lowest BCUT2D eigenvalue weighted by Gasteiger charge is -2.35. The summed E-state index contributed by atoms with van der Waals surface area (Å²) in [6, 6.07) is 5.10. The Hall–Kier alpha value is -3.25. The smallest absolute Gasteiger partial charge is 0.391 e. The van der Waals surface area contributed by atoms with E-state index in [1.165, 1.54) is 18.5 Å². The minimum Gasteiger partial charge on any atom is -0.391 e. The Morgan fingerprint density at radius 3 is 2.56 bits per heavy atom. The number of rotatable bonds is 8. The van der Waals surface area contributed by atoms with Crippen molar-refractivity contribution in [1.82, 2.24) is 24.4 Å². The van der Waals surface area contributed by atoms with Crippen LogP contribution in [0.5, 0.6) is 0 Å². The SMILES string of the molecule is CC(C)N(Cc1ccc(C(F)(F)F)cc1)c1ncnc2c1ncn2C[C@@H]1CCN(CC(N)=O)C[C@H]1O. The number of carbonyl (C=O) groups is 1. The van der Waals surface area contributed by atoms with Gasteiger partial charge in [-0.3, -0.25) is 9.69 Å². The molecule has 1 amide bonds. The van der Waals surface area contributed by atoms with E-state index < -0.39 is 23.8 Å². The molecule has 1 saturated heterocycles. The molecule has 9 nitrogen and oxygen atoms in total. The fraction of sp³-hybridized carbons (Fsp3) is 0.500. The van der Waals surface area contributed by atoms with Crippen molar-refractivity contribution < 1.29 is 23.1 Å². The number of halogens is 3. The second kappa shape index (κ2) is 10.4. The second-order valence-electron chi connectivity index (χ2n) is 9.50. The highest BCUT2D eigenvalue weighted by Crippen LogP contribution is 2.30. The fourth-order valence-corrected chi connectivity index (χ4v) is 4.59. The third-order valence-electron chi connectivity index (χ3n) is 6.53. The third-order valence-corrected chi connectivity index (χ3v) is 6.53. The van der Waals surface area contributed by atoms with Crippen molar-refractivity contribution in [2.75, 3.05) is 24.5 Å². The van der Waals surface area contributed by atoms with Gasteiger partial charge in [0, 0.05) is 31.6 Å². The van der Waals surface area contributed by atoms with Gasteiger partial charge in [-0.25, -0.2) is 15.0 Å². The van der Waals surface area contributed by atoms with Crippen LogP contribution in [0.3, 0.4) is 0 Å². The molecule has 0 aliphatic carbocycles. The van der Waals surface area contributed by atoms with E-state index in [2.05, 4.69) is 15.0 Å². The zero-order valence-electron chi connectivity index (χ0n) is 20.2. The first-order valence-electron chi connectivity index (χ1n) is 11.8. The summed E-state index contributed by atoms with van der Waals surface area (Å²) in [6.45, 7) is 5.96. The van der Waals surface area contributed by atoms with Gasteiger partial charge < -0.3 is 20.3 Å². The van der Waals surface area contributed by atoms with E-state index in [1.807, 2.05) is 28.2 Å². The Kier molecular flexibility index (Phi) is 7.46. The van der Waals surface area contributed by atoms with Crippen molar-refractivity contribution in [3.8, 4) is 0 Å². The summed E-state index contributed by atoms with van der Waals surface area (Å²) in [4.78, 5) is 28.4. The van der Waals surface area contributed by atoms with Gasteiger partial charge in [-0.05, 0) is 44.5 Å². The van der Waals surface area contributed by atoms with Crippen molar-refractivity contribution in [3.63, 3.8) is 0 Å². The van der Waals surface area contributed by atoms with Gasteiger partial charge in [0.2, 0.25) is 5.91 Å². The maximum atomic E-state index is 12.9. The predicted octanol–water partition coefficient (Wildman–Crippen LogP) is 2.43. The number of aliphatic hydroxyl groups excluding tert-OH is 1. The van der Waals surface area contributed by atoms with E-state index in [-0.39, 0.29) is 18.5 Å². The molecule has 2 atom stereocenters. The second-order valence-corrected chi connectivity index (χ2v) is 9.50. The fourth-order valence-electron chi connectivity index (χ4n) is 4.59. The molecule has 1 aromatic carbocycles. The van der Waals surface area contributed by atoms with E-state index in [4.69, 9.17) is 5.73 Å². The average Bonchev–Trinajstić information content (AvgIpc) is 3.21. The Labute approximate surface area is 206 Å². The summed E-state index contributed by atoms with van der Waals surface area (Å²) in [6.07, 6.45) is -1.19. The minimum absolute atomic E-state index is 0.00746. The zero-order chi connectivity index (χ0) is 26.0. The summed E-state index contributed by atoms with van der Waals surface area (Å²) in [5, 5.41) is 10.6. The molecule has 3 N–H and O–H groups in total. The Bertz CT molecular complexity index is 1200. The van der Waals surface area contributed by atoms with Crippen LogP contribution in [0.4, 0.5) is 19.0 Å². The number of aromatic nitrogens is 4. The monoisotopic (exact) mass is 505 g/mol.